The Kier molecular flexibility index (Phi) is 7.15. The summed E-state index contributed by atoms with van der Waals surface area (Å²) >= 11 is 0. The maximum atomic E-state index is 5.63. The summed E-state index contributed by atoms with van der Waals surface area (Å²) in [5.74, 6) is 0. The summed E-state index contributed by atoms with van der Waals surface area (Å²) in [4.78, 5) is 2.41. The summed E-state index contributed by atoms with van der Waals surface area (Å²) in [6.07, 6.45) is 2.27. The SMILES string of the molecule is COCCCN(C)CC1(CNC(C)C)CCOC1. The van der Waals surface area contributed by atoms with E-state index in [0.29, 0.717) is 11.5 Å². The quantitative estimate of drug-likeness (QED) is 0.633. The van der Waals surface area contributed by atoms with Gasteiger partial charge in [-0.25, -0.2) is 0 Å². The molecule has 1 saturated heterocycles. The monoisotopic (exact) mass is 258 g/mol. The van der Waals surface area contributed by atoms with E-state index >= 15 is 0 Å². The molecule has 0 aromatic heterocycles. The molecule has 1 aliphatic rings. The highest BCUT2D eigenvalue weighted by atomic mass is 16.5. The number of nitrogens with one attached hydrogen (secondary N) is 1. The van der Waals surface area contributed by atoms with E-state index in [1.807, 2.05) is 0 Å². The predicted octanol–water partition coefficient (Wildman–Crippen LogP) is 1.36. The summed E-state index contributed by atoms with van der Waals surface area (Å²) in [6, 6.07) is 0.543. The summed E-state index contributed by atoms with van der Waals surface area (Å²) in [5, 5.41) is 3.57. The topological polar surface area (TPSA) is 33.7 Å². The van der Waals surface area contributed by atoms with Gasteiger partial charge in [0.05, 0.1) is 6.61 Å². The fraction of sp³-hybridized carbons (Fsp3) is 1.00. The van der Waals surface area contributed by atoms with E-state index in [2.05, 4.69) is 31.1 Å². The van der Waals surface area contributed by atoms with Gasteiger partial charge >= 0.3 is 0 Å². The van der Waals surface area contributed by atoms with Crippen molar-refractivity contribution in [3.05, 3.63) is 0 Å². The van der Waals surface area contributed by atoms with Crippen LogP contribution in [-0.4, -0.2) is 64.6 Å². The van der Waals surface area contributed by atoms with Crippen molar-refractivity contribution in [3.8, 4) is 0 Å². The molecule has 4 nitrogen and oxygen atoms in total. The molecule has 18 heavy (non-hydrogen) atoms. The molecule has 1 N–H and O–H groups in total. The van der Waals surface area contributed by atoms with Crippen LogP contribution in [0.5, 0.6) is 0 Å². The number of hydrogen-bond donors (Lipinski definition) is 1. The first kappa shape index (κ1) is 15.9. The van der Waals surface area contributed by atoms with Gasteiger partial charge in [-0.2, -0.15) is 0 Å². The fourth-order valence-corrected chi connectivity index (χ4v) is 2.52. The second-order valence-corrected chi connectivity index (χ2v) is 5.92. The van der Waals surface area contributed by atoms with Crippen LogP contribution < -0.4 is 5.32 Å². The van der Waals surface area contributed by atoms with Gasteiger partial charge in [0.15, 0.2) is 0 Å². The lowest BCUT2D eigenvalue weighted by molar-refractivity contribution is 0.111. The molecule has 0 aliphatic carbocycles. The molecule has 1 aliphatic heterocycles. The van der Waals surface area contributed by atoms with Crippen molar-refractivity contribution < 1.29 is 9.47 Å². The zero-order valence-electron chi connectivity index (χ0n) is 12.5. The largest absolute Gasteiger partial charge is 0.385 e. The third-order valence-corrected chi connectivity index (χ3v) is 3.56. The van der Waals surface area contributed by atoms with Crippen molar-refractivity contribution in [1.29, 1.82) is 0 Å². The smallest absolute Gasteiger partial charge is 0.0547 e. The van der Waals surface area contributed by atoms with Crippen molar-refractivity contribution in [2.24, 2.45) is 5.41 Å². The maximum Gasteiger partial charge on any atom is 0.0547 e. The number of methoxy groups -OCH3 is 1. The molecule has 0 amide bonds. The van der Waals surface area contributed by atoms with E-state index in [4.69, 9.17) is 9.47 Å². The summed E-state index contributed by atoms with van der Waals surface area (Å²) in [7, 11) is 3.96. The van der Waals surface area contributed by atoms with Crippen molar-refractivity contribution in [1.82, 2.24) is 10.2 Å². The molecule has 4 heteroatoms. The Hall–Kier alpha value is -0.160. The zero-order valence-corrected chi connectivity index (χ0v) is 12.5. The first-order valence-electron chi connectivity index (χ1n) is 7.07. The van der Waals surface area contributed by atoms with Crippen LogP contribution in [0.4, 0.5) is 0 Å². The molecule has 1 atom stereocenters. The van der Waals surface area contributed by atoms with Crippen molar-refractivity contribution in [2.75, 3.05) is 53.6 Å². The number of rotatable bonds is 9. The Balaban J connectivity index is 2.36. The van der Waals surface area contributed by atoms with Crippen LogP contribution >= 0.6 is 0 Å². The van der Waals surface area contributed by atoms with Crippen LogP contribution in [-0.2, 0) is 9.47 Å². The minimum atomic E-state index is 0.298. The predicted molar refractivity (Wildman–Crippen MR) is 75.0 cm³/mol. The second kappa shape index (κ2) is 8.10. The summed E-state index contributed by atoms with van der Waals surface area (Å²) in [5.41, 5.74) is 0.298. The summed E-state index contributed by atoms with van der Waals surface area (Å²) < 4.78 is 10.7. The zero-order chi connectivity index (χ0) is 13.4. The van der Waals surface area contributed by atoms with E-state index in [1.54, 1.807) is 7.11 Å². The summed E-state index contributed by atoms with van der Waals surface area (Å²) in [6.45, 7) is 10.3. The third kappa shape index (κ3) is 5.65. The lowest BCUT2D eigenvalue weighted by Crippen LogP contribution is -2.45. The Labute approximate surface area is 112 Å². The van der Waals surface area contributed by atoms with E-state index < -0.39 is 0 Å². The van der Waals surface area contributed by atoms with Crippen molar-refractivity contribution in [3.63, 3.8) is 0 Å². The third-order valence-electron chi connectivity index (χ3n) is 3.56. The molecule has 1 fully saturated rings. The average molecular weight is 258 g/mol. The Morgan fingerprint density at radius 3 is 2.78 bits per heavy atom. The molecule has 0 saturated carbocycles. The van der Waals surface area contributed by atoms with Gasteiger partial charge in [0.1, 0.15) is 0 Å². The van der Waals surface area contributed by atoms with Crippen molar-refractivity contribution >= 4 is 0 Å². The van der Waals surface area contributed by atoms with Gasteiger partial charge < -0.3 is 19.7 Å². The van der Waals surface area contributed by atoms with Gasteiger partial charge in [-0.05, 0) is 19.9 Å². The van der Waals surface area contributed by atoms with E-state index in [1.165, 1.54) is 6.42 Å². The van der Waals surface area contributed by atoms with Gasteiger partial charge in [0.25, 0.3) is 0 Å². The highest BCUT2D eigenvalue weighted by molar-refractivity contribution is 4.88. The molecule has 1 unspecified atom stereocenters. The van der Waals surface area contributed by atoms with E-state index in [9.17, 15) is 0 Å². The normalized spacial score (nSPS) is 24.3. The number of ether oxygens (including phenoxy) is 2. The molecular weight excluding hydrogens is 228 g/mol. The van der Waals surface area contributed by atoms with Crippen LogP contribution in [0.15, 0.2) is 0 Å². The standard InChI is InChI=1S/C14H30N2O2/c1-13(2)15-10-14(6-9-18-12-14)11-16(3)7-5-8-17-4/h13,15H,5-12H2,1-4H3. The molecule has 1 heterocycles. The molecular formula is C14H30N2O2. The van der Waals surface area contributed by atoms with Gasteiger partial charge in [-0.1, -0.05) is 13.8 Å². The number of hydrogen-bond acceptors (Lipinski definition) is 4. The molecule has 0 bridgehead atoms. The molecule has 0 radical (unpaired) electrons. The number of nitrogens with zero attached hydrogens (tertiary/aromatic N) is 1. The van der Waals surface area contributed by atoms with Gasteiger partial charge in [0, 0.05) is 51.4 Å². The van der Waals surface area contributed by atoms with E-state index in [-0.39, 0.29) is 0 Å². The fourth-order valence-electron chi connectivity index (χ4n) is 2.52. The van der Waals surface area contributed by atoms with Gasteiger partial charge in [0.2, 0.25) is 0 Å². The second-order valence-electron chi connectivity index (χ2n) is 5.92. The van der Waals surface area contributed by atoms with Crippen LogP contribution in [0.3, 0.4) is 0 Å². The van der Waals surface area contributed by atoms with Crippen LogP contribution in [0.25, 0.3) is 0 Å². The van der Waals surface area contributed by atoms with Crippen molar-refractivity contribution in [2.45, 2.75) is 32.7 Å². The van der Waals surface area contributed by atoms with Crippen LogP contribution in [0.2, 0.25) is 0 Å². The molecule has 1 rings (SSSR count). The molecule has 108 valence electrons. The van der Waals surface area contributed by atoms with Gasteiger partial charge in [-0.3, -0.25) is 0 Å². The highest BCUT2D eigenvalue weighted by Crippen LogP contribution is 2.29. The minimum Gasteiger partial charge on any atom is -0.385 e. The average Bonchev–Trinajstić information content (AvgIpc) is 2.76. The first-order valence-corrected chi connectivity index (χ1v) is 7.07. The molecule has 0 spiro atoms. The van der Waals surface area contributed by atoms with Crippen LogP contribution in [0, 0.1) is 5.41 Å². The van der Waals surface area contributed by atoms with Gasteiger partial charge in [-0.15, -0.1) is 0 Å². The van der Waals surface area contributed by atoms with E-state index in [0.717, 1.165) is 45.9 Å². The Morgan fingerprint density at radius 2 is 2.22 bits per heavy atom. The highest BCUT2D eigenvalue weighted by Gasteiger charge is 2.35. The molecule has 0 aromatic carbocycles. The maximum absolute atomic E-state index is 5.63. The minimum absolute atomic E-state index is 0.298. The lowest BCUT2D eigenvalue weighted by Gasteiger charge is -2.33. The lowest BCUT2D eigenvalue weighted by atomic mass is 9.86. The Bertz CT molecular complexity index is 216. The Morgan fingerprint density at radius 1 is 1.44 bits per heavy atom. The van der Waals surface area contributed by atoms with Crippen LogP contribution in [0.1, 0.15) is 26.7 Å². The first-order chi connectivity index (χ1) is 8.58. The molecule has 0 aromatic rings.